The van der Waals surface area contributed by atoms with Crippen LogP contribution >= 0.6 is 11.6 Å². The van der Waals surface area contributed by atoms with Crippen LogP contribution in [0.1, 0.15) is 31.1 Å². The highest BCUT2D eigenvalue weighted by Crippen LogP contribution is 2.25. The maximum absolute atomic E-state index is 13.9. The van der Waals surface area contributed by atoms with Gasteiger partial charge in [-0.25, -0.2) is 21.9 Å². The van der Waals surface area contributed by atoms with Gasteiger partial charge in [0.05, 0.1) is 17.3 Å². The summed E-state index contributed by atoms with van der Waals surface area (Å²) in [5.41, 5.74) is -0.545. The molecule has 0 atom stereocenters. The summed E-state index contributed by atoms with van der Waals surface area (Å²) in [5.74, 6) is -2.52. The second kappa shape index (κ2) is 8.59. The topological polar surface area (TPSA) is 92.8 Å². The van der Waals surface area contributed by atoms with E-state index in [-0.39, 0.29) is 28.9 Å². The predicted molar refractivity (Wildman–Crippen MR) is 93.1 cm³/mol. The predicted octanol–water partition coefficient (Wildman–Crippen LogP) is 2.90. The number of benzene rings is 1. The first-order valence-electron chi connectivity index (χ1n) is 7.41. The number of anilines is 1. The van der Waals surface area contributed by atoms with E-state index in [1.54, 1.807) is 20.8 Å². The second-order valence-electron chi connectivity index (χ2n) is 5.45. The summed E-state index contributed by atoms with van der Waals surface area (Å²) in [5, 5.41) is 1.88. The number of Topliss-reactive ketones (excluding diaryl/α,β-unsaturated/α-hetero) is 1. The Bertz CT molecular complexity index is 767. The monoisotopic (exact) mass is 394 g/mol. The third-order valence-electron chi connectivity index (χ3n) is 3.35. The number of nitrogens with one attached hydrogen (secondary N) is 1. The Morgan fingerprint density at radius 1 is 1.36 bits per heavy atom. The lowest BCUT2D eigenvalue weighted by Crippen LogP contribution is -2.37. The van der Waals surface area contributed by atoms with Crippen LogP contribution in [0.25, 0.3) is 0 Å². The van der Waals surface area contributed by atoms with E-state index in [0.29, 0.717) is 0 Å². The molecule has 0 aliphatic carbocycles. The van der Waals surface area contributed by atoms with Gasteiger partial charge < -0.3 is 4.74 Å². The van der Waals surface area contributed by atoms with E-state index in [0.717, 1.165) is 16.4 Å². The van der Waals surface area contributed by atoms with Crippen LogP contribution in [0.4, 0.5) is 14.9 Å². The zero-order chi connectivity index (χ0) is 19.4. The molecule has 1 N–H and O–H groups in total. The summed E-state index contributed by atoms with van der Waals surface area (Å²) in [6.45, 7) is 4.97. The van der Waals surface area contributed by atoms with Crippen molar-refractivity contribution in [1.82, 2.24) is 4.31 Å². The van der Waals surface area contributed by atoms with E-state index in [1.807, 2.05) is 0 Å². The quantitative estimate of drug-likeness (QED) is 0.718. The lowest BCUT2D eigenvalue weighted by atomic mass is 10.1. The smallest absolute Gasteiger partial charge is 0.411 e. The lowest BCUT2D eigenvalue weighted by molar-refractivity contribution is 0.101. The number of hydrogen-bond acceptors (Lipinski definition) is 5. The van der Waals surface area contributed by atoms with Crippen LogP contribution in [-0.4, -0.2) is 50.0 Å². The number of carbonyl (C=O) groups excluding carboxylic acids is 2. The highest BCUT2D eigenvalue weighted by Gasteiger charge is 2.26. The van der Waals surface area contributed by atoms with Crippen LogP contribution in [0.2, 0.25) is 5.02 Å². The van der Waals surface area contributed by atoms with E-state index < -0.39 is 33.5 Å². The average Bonchev–Trinajstić information content (AvgIpc) is 2.48. The number of ketones is 1. The number of hydrogen-bond donors (Lipinski definition) is 1. The molecule has 0 fully saturated rings. The first-order valence-corrected chi connectivity index (χ1v) is 9.40. The molecule has 10 heteroatoms. The van der Waals surface area contributed by atoms with Gasteiger partial charge >= 0.3 is 6.09 Å². The summed E-state index contributed by atoms with van der Waals surface area (Å²) < 4.78 is 43.9. The van der Waals surface area contributed by atoms with E-state index in [2.05, 4.69) is 10.1 Å². The fourth-order valence-corrected chi connectivity index (χ4v) is 3.39. The summed E-state index contributed by atoms with van der Waals surface area (Å²) >= 11 is 5.85. The SMILES string of the molecule is CCOC(=O)Nc1cc(C(=O)CS(=O)(=O)N(C)C(C)C)c(Cl)cc1F. The molecular weight excluding hydrogens is 375 g/mol. The molecule has 1 rings (SSSR count). The molecule has 0 spiro atoms. The third-order valence-corrected chi connectivity index (χ3v) is 5.59. The van der Waals surface area contributed by atoms with Crippen molar-refractivity contribution in [2.75, 3.05) is 24.7 Å². The maximum Gasteiger partial charge on any atom is 0.411 e. The number of ether oxygens (including phenoxy) is 1. The number of rotatable bonds is 7. The number of nitrogens with zero attached hydrogens (tertiary/aromatic N) is 1. The summed E-state index contributed by atoms with van der Waals surface area (Å²) in [4.78, 5) is 23.7. The fourth-order valence-electron chi connectivity index (χ4n) is 1.80. The van der Waals surface area contributed by atoms with E-state index in [9.17, 15) is 22.4 Å². The van der Waals surface area contributed by atoms with Crippen LogP contribution in [0, 0.1) is 5.82 Å². The van der Waals surface area contributed by atoms with Crippen molar-refractivity contribution < 1.29 is 27.1 Å². The Morgan fingerprint density at radius 2 is 1.96 bits per heavy atom. The van der Waals surface area contributed by atoms with Gasteiger partial charge in [0.1, 0.15) is 11.6 Å². The van der Waals surface area contributed by atoms with Crippen molar-refractivity contribution in [1.29, 1.82) is 0 Å². The Labute approximate surface area is 151 Å². The second-order valence-corrected chi connectivity index (χ2v) is 7.88. The van der Waals surface area contributed by atoms with Crippen molar-refractivity contribution >= 4 is 39.2 Å². The summed E-state index contributed by atoms with van der Waals surface area (Å²) in [6, 6.07) is 1.49. The largest absolute Gasteiger partial charge is 0.450 e. The molecule has 0 radical (unpaired) electrons. The molecule has 0 heterocycles. The highest BCUT2D eigenvalue weighted by atomic mass is 35.5. The van der Waals surface area contributed by atoms with E-state index in [4.69, 9.17) is 11.6 Å². The molecule has 1 aromatic carbocycles. The van der Waals surface area contributed by atoms with Gasteiger partial charge in [-0.1, -0.05) is 11.6 Å². The van der Waals surface area contributed by atoms with Gasteiger partial charge in [-0.2, -0.15) is 0 Å². The average molecular weight is 395 g/mol. The van der Waals surface area contributed by atoms with Crippen LogP contribution in [0.15, 0.2) is 12.1 Å². The molecule has 0 unspecified atom stereocenters. The normalized spacial score (nSPS) is 11.7. The number of amides is 1. The molecule has 0 saturated heterocycles. The van der Waals surface area contributed by atoms with Crippen LogP contribution in [-0.2, 0) is 14.8 Å². The molecule has 0 bridgehead atoms. The van der Waals surface area contributed by atoms with Gasteiger partial charge in [-0.3, -0.25) is 10.1 Å². The van der Waals surface area contributed by atoms with Crippen molar-refractivity contribution in [2.24, 2.45) is 0 Å². The standard InChI is InChI=1S/C15H20ClFN2O5S/c1-5-24-15(21)18-13-6-10(11(16)7-12(13)17)14(20)8-25(22,23)19(4)9(2)3/h6-7,9H,5,8H2,1-4H3,(H,18,21). The van der Waals surface area contributed by atoms with Crippen molar-refractivity contribution in [3.05, 3.63) is 28.5 Å². The Hall–Kier alpha value is -1.71. The van der Waals surface area contributed by atoms with Crippen molar-refractivity contribution in [3.63, 3.8) is 0 Å². The van der Waals surface area contributed by atoms with Gasteiger partial charge in [0.25, 0.3) is 0 Å². The molecule has 1 aromatic rings. The molecule has 0 saturated carbocycles. The fraction of sp³-hybridized carbons (Fsp3) is 0.467. The molecule has 0 aliphatic rings. The number of carbonyl (C=O) groups is 2. The molecule has 0 aliphatic heterocycles. The zero-order valence-corrected chi connectivity index (χ0v) is 15.9. The minimum absolute atomic E-state index is 0.0760. The molecule has 25 heavy (non-hydrogen) atoms. The molecule has 0 aromatic heterocycles. The third kappa shape index (κ3) is 5.65. The first-order chi connectivity index (χ1) is 11.5. The van der Waals surface area contributed by atoms with Gasteiger partial charge in [0.15, 0.2) is 5.78 Å². The Morgan fingerprint density at radius 3 is 2.48 bits per heavy atom. The van der Waals surface area contributed by atoms with Gasteiger partial charge in [0.2, 0.25) is 10.0 Å². The minimum atomic E-state index is -3.86. The van der Waals surface area contributed by atoms with Crippen LogP contribution in [0.3, 0.4) is 0 Å². The highest BCUT2D eigenvalue weighted by molar-refractivity contribution is 7.89. The molecule has 140 valence electrons. The molecule has 1 amide bonds. The van der Waals surface area contributed by atoms with E-state index >= 15 is 0 Å². The van der Waals surface area contributed by atoms with Gasteiger partial charge in [0, 0.05) is 18.7 Å². The van der Waals surface area contributed by atoms with Crippen molar-refractivity contribution in [3.8, 4) is 0 Å². The molecule has 7 nitrogen and oxygen atoms in total. The summed E-state index contributed by atoms with van der Waals surface area (Å²) in [6.07, 6.45) is -0.908. The summed E-state index contributed by atoms with van der Waals surface area (Å²) in [7, 11) is -2.50. The van der Waals surface area contributed by atoms with Gasteiger partial charge in [-0.05, 0) is 32.9 Å². The van der Waals surface area contributed by atoms with E-state index in [1.165, 1.54) is 7.05 Å². The molecular formula is C15H20ClFN2O5S. The van der Waals surface area contributed by atoms with Crippen LogP contribution in [0.5, 0.6) is 0 Å². The number of sulfonamides is 1. The first kappa shape index (κ1) is 21.3. The lowest BCUT2D eigenvalue weighted by Gasteiger charge is -2.20. The van der Waals surface area contributed by atoms with Gasteiger partial charge in [-0.15, -0.1) is 0 Å². The maximum atomic E-state index is 13.9. The minimum Gasteiger partial charge on any atom is -0.450 e. The Kier molecular flexibility index (Phi) is 7.33. The zero-order valence-electron chi connectivity index (χ0n) is 14.3. The van der Waals surface area contributed by atoms with Crippen molar-refractivity contribution in [2.45, 2.75) is 26.8 Å². The van der Waals surface area contributed by atoms with Crippen LogP contribution < -0.4 is 5.32 Å². The number of halogens is 2. The Balaban J connectivity index is 3.12.